The van der Waals surface area contributed by atoms with Crippen molar-refractivity contribution in [3.8, 4) is 0 Å². The van der Waals surface area contributed by atoms with Gasteiger partial charge in [0.2, 0.25) is 0 Å². The summed E-state index contributed by atoms with van der Waals surface area (Å²) in [7, 11) is 0. The maximum atomic E-state index is 8.02. The van der Waals surface area contributed by atoms with Crippen LogP contribution in [0.4, 0.5) is 0 Å². The fourth-order valence-corrected chi connectivity index (χ4v) is 2.67. The summed E-state index contributed by atoms with van der Waals surface area (Å²) in [5, 5.41) is 9.27. The van der Waals surface area contributed by atoms with Crippen LogP contribution in [0, 0.1) is 10.8 Å². The van der Waals surface area contributed by atoms with Gasteiger partial charge in [-0.05, 0) is 36.8 Å². The SMILES string of the molecule is CC(Cc1c[nH]c2ccccc12)=NC(=N)CCCC(C)(C)C. The topological polar surface area (TPSA) is 52.0 Å². The molecule has 1 aromatic heterocycles. The predicted octanol–water partition coefficient (Wildman–Crippen LogP) is 5.36. The lowest BCUT2D eigenvalue weighted by Crippen LogP contribution is -2.07. The third-order valence-corrected chi connectivity index (χ3v) is 3.79. The van der Waals surface area contributed by atoms with E-state index in [-0.39, 0.29) is 0 Å². The Morgan fingerprint density at radius 1 is 1.23 bits per heavy atom. The monoisotopic (exact) mass is 297 g/mol. The lowest BCUT2D eigenvalue weighted by Gasteiger charge is -2.17. The number of nitrogens with one attached hydrogen (secondary N) is 2. The molecule has 0 radical (unpaired) electrons. The van der Waals surface area contributed by atoms with Crippen LogP contribution < -0.4 is 0 Å². The predicted molar refractivity (Wildman–Crippen MR) is 96.1 cm³/mol. The van der Waals surface area contributed by atoms with Crippen molar-refractivity contribution in [2.75, 3.05) is 0 Å². The molecule has 2 N–H and O–H groups in total. The van der Waals surface area contributed by atoms with Crippen LogP contribution in [0.15, 0.2) is 35.5 Å². The van der Waals surface area contributed by atoms with Gasteiger partial charge >= 0.3 is 0 Å². The molecule has 0 spiro atoms. The second kappa shape index (κ2) is 6.91. The highest BCUT2D eigenvalue weighted by molar-refractivity contribution is 5.98. The molecular formula is C19H27N3. The maximum absolute atomic E-state index is 8.02. The fraction of sp³-hybridized carbons (Fsp3) is 0.474. The zero-order valence-corrected chi connectivity index (χ0v) is 14.2. The van der Waals surface area contributed by atoms with E-state index in [4.69, 9.17) is 5.41 Å². The van der Waals surface area contributed by atoms with Crippen molar-refractivity contribution in [2.24, 2.45) is 10.4 Å². The molecule has 0 saturated heterocycles. The Morgan fingerprint density at radius 3 is 2.68 bits per heavy atom. The third-order valence-electron chi connectivity index (χ3n) is 3.79. The highest BCUT2D eigenvalue weighted by atomic mass is 14.8. The number of aliphatic imine (C=N–C) groups is 1. The average molecular weight is 297 g/mol. The van der Waals surface area contributed by atoms with Crippen molar-refractivity contribution < 1.29 is 0 Å². The molecule has 0 aliphatic rings. The molecule has 0 aliphatic heterocycles. The van der Waals surface area contributed by atoms with E-state index >= 15 is 0 Å². The van der Waals surface area contributed by atoms with Crippen LogP contribution in [0.25, 0.3) is 10.9 Å². The number of para-hydroxylation sites is 1. The fourth-order valence-electron chi connectivity index (χ4n) is 2.67. The normalized spacial score (nSPS) is 12.8. The van der Waals surface area contributed by atoms with Gasteiger partial charge in [-0.2, -0.15) is 0 Å². The molecule has 22 heavy (non-hydrogen) atoms. The molecule has 0 atom stereocenters. The highest BCUT2D eigenvalue weighted by Crippen LogP contribution is 2.22. The quantitative estimate of drug-likeness (QED) is 0.551. The number of aromatic amines is 1. The van der Waals surface area contributed by atoms with Gasteiger partial charge in [0.25, 0.3) is 0 Å². The highest BCUT2D eigenvalue weighted by Gasteiger charge is 2.10. The molecule has 2 aromatic rings. The molecule has 0 saturated carbocycles. The Balaban J connectivity index is 1.93. The average Bonchev–Trinajstić information content (AvgIpc) is 2.80. The minimum Gasteiger partial charge on any atom is -0.361 e. The van der Waals surface area contributed by atoms with Crippen molar-refractivity contribution in [3.63, 3.8) is 0 Å². The Bertz CT molecular complexity index is 671. The van der Waals surface area contributed by atoms with E-state index in [1.54, 1.807) is 0 Å². The number of rotatable bonds is 5. The zero-order chi connectivity index (χ0) is 16.2. The van der Waals surface area contributed by atoms with E-state index in [1.807, 2.05) is 19.2 Å². The van der Waals surface area contributed by atoms with Crippen molar-refractivity contribution >= 4 is 22.5 Å². The molecular weight excluding hydrogens is 270 g/mol. The van der Waals surface area contributed by atoms with Crippen molar-refractivity contribution in [1.82, 2.24) is 4.98 Å². The van der Waals surface area contributed by atoms with Gasteiger partial charge in [0.1, 0.15) is 5.84 Å². The number of benzene rings is 1. The van der Waals surface area contributed by atoms with E-state index in [0.717, 1.165) is 36.9 Å². The number of amidine groups is 1. The second-order valence-corrected chi connectivity index (χ2v) is 7.24. The minimum absolute atomic E-state index is 0.336. The molecule has 3 heteroatoms. The lowest BCUT2D eigenvalue weighted by molar-refractivity contribution is 0.368. The standard InChI is InChI=1S/C19H27N3/c1-14(22-18(20)10-7-11-19(2,3)4)12-15-13-21-17-9-6-5-8-16(15)17/h5-6,8-9,13,20-21H,7,10-12H2,1-4H3. The Hall–Kier alpha value is -1.90. The Kier molecular flexibility index (Phi) is 5.17. The summed E-state index contributed by atoms with van der Waals surface area (Å²) in [6.07, 6.45) is 5.78. The Morgan fingerprint density at radius 2 is 1.95 bits per heavy atom. The number of aromatic nitrogens is 1. The summed E-state index contributed by atoms with van der Waals surface area (Å²) < 4.78 is 0. The van der Waals surface area contributed by atoms with Crippen molar-refractivity contribution in [1.29, 1.82) is 5.41 Å². The molecule has 0 aliphatic carbocycles. The first-order valence-electron chi connectivity index (χ1n) is 8.02. The van der Waals surface area contributed by atoms with Gasteiger partial charge < -0.3 is 4.98 Å². The van der Waals surface area contributed by atoms with Gasteiger partial charge in [0.15, 0.2) is 0 Å². The maximum Gasteiger partial charge on any atom is 0.120 e. The van der Waals surface area contributed by atoms with Gasteiger partial charge in [0, 0.05) is 35.7 Å². The summed E-state index contributed by atoms with van der Waals surface area (Å²) in [5.41, 5.74) is 3.75. The molecule has 0 amide bonds. The van der Waals surface area contributed by atoms with Gasteiger partial charge in [-0.25, -0.2) is 4.99 Å². The van der Waals surface area contributed by atoms with Crippen LogP contribution in [0.5, 0.6) is 0 Å². The van der Waals surface area contributed by atoms with Crippen molar-refractivity contribution in [2.45, 2.75) is 53.4 Å². The Labute approximate surface area is 133 Å². The number of hydrogen-bond acceptors (Lipinski definition) is 1. The van der Waals surface area contributed by atoms with E-state index in [9.17, 15) is 0 Å². The first kappa shape index (κ1) is 16.5. The second-order valence-electron chi connectivity index (χ2n) is 7.24. The molecule has 3 nitrogen and oxygen atoms in total. The number of nitrogens with zero attached hydrogens (tertiary/aromatic N) is 1. The summed E-state index contributed by atoms with van der Waals surface area (Å²) in [5.74, 6) is 0.501. The van der Waals surface area contributed by atoms with E-state index in [1.165, 1.54) is 10.9 Å². The zero-order valence-electron chi connectivity index (χ0n) is 14.2. The molecule has 1 aromatic carbocycles. The number of H-pyrrole nitrogens is 1. The van der Waals surface area contributed by atoms with Crippen LogP contribution in [0.3, 0.4) is 0 Å². The molecule has 118 valence electrons. The summed E-state index contributed by atoms with van der Waals surface area (Å²) >= 11 is 0. The van der Waals surface area contributed by atoms with E-state index in [2.05, 4.69) is 48.9 Å². The van der Waals surface area contributed by atoms with Gasteiger partial charge in [-0.3, -0.25) is 5.41 Å². The minimum atomic E-state index is 0.336. The van der Waals surface area contributed by atoms with E-state index in [0.29, 0.717) is 11.3 Å². The number of fused-ring (bicyclic) bond motifs is 1. The lowest BCUT2D eigenvalue weighted by atomic mass is 9.90. The third kappa shape index (κ3) is 4.83. The summed E-state index contributed by atoms with van der Waals surface area (Å²) in [6, 6.07) is 8.30. The van der Waals surface area contributed by atoms with Crippen LogP contribution >= 0.6 is 0 Å². The summed E-state index contributed by atoms with van der Waals surface area (Å²) in [4.78, 5) is 7.75. The molecule has 0 fully saturated rings. The molecule has 0 unspecified atom stereocenters. The van der Waals surface area contributed by atoms with Gasteiger partial charge in [0.05, 0.1) is 0 Å². The summed E-state index contributed by atoms with van der Waals surface area (Å²) in [6.45, 7) is 8.73. The van der Waals surface area contributed by atoms with Gasteiger partial charge in [-0.1, -0.05) is 39.0 Å². The van der Waals surface area contributed by atoms with Crippen LogP contribution in [-0.4, -0.2) is 16.5 Å². The van der Waals surface area contributed by atoms with Gasteiger partial charge in [-0.15, -0.1) is 0 Å². The van der Waals surface area contributed by atoms with E-state index < -0.39 is 0 Å². The number of hydrogen-bond donors (Lipinski definition) is 2. The molecule has 0 bridgehead atoms. The molecule has 1 heterocycles. The molecule has 2 rings (SSSR count). The van der Waals surface area contributed by atoms with Crippen molar-refractivity contribution in [3.05, 3.63) is 36.0 Å². The smallest absolute Gasteiger partial charge is 0.120 e. The van der Waals surface area contributed by atoms with Crippen LogP contribution in [-0.2, 0) is 6.42 Å². The van der Waals surface area contributed by atoms with Crippen LogP contribution in [0.1, 0.15) is 52.5 Å². The first-order valence-corrected chi connectivity index (χ1v) is 8.02. The first-order chi connectivity index (χ1) is 10.3. The van der Waals surface area contributed by atoms with Crippen LogP contribution in [0.2, 0.25) is 0 Å². The largest absolute Gasteiger partial charge is 0.361 e.